The summed E-state index contributed by atoms with van der Waals surface area (Å²) < 4.78 is 0. The molecule has 0 aliphatic heterocycles. The third kappa shape index (κ3) is 4.26. The highest BCUT2D eigenvalue weighted by atomic mass is 14.9. The van der Waals surface area contributed by atoms with Crippen LogP contribution in [0.25, 0.3) is 33.4 Å². The Bertz CT molecular complexity index is 1260. The number of nitrogens with one attached hydrogen (secondary N) is 1. The second kappa shape index (κ2) is 8.73. The lowest BCUT2D eigenvalue weighted by atomic mass is 10.00. The Morgan fingerprint density at radius 1 is 0.323 bits per heavy atom. The number of rotatable bonds is 5. The Kier molecular flexibility index (Phi) is 5.32. The van der Waals surface area contributed by atoms with E-state index in [2.05, 4.69) is 127 Å². The standard InChI is InChI=1S/C30H23N/c1-3-9-23(10-4-1)24-15-17-25(18-16-24)26-19-21-28(22-20-26)31-30-14-8-7-13-29(30)27-11-5-2-6-12-27/h1-22,31H. The zero-order valence-corrected chi connectivity index (χ0v) is 17.2. The van der Waals surface area contributed by atoms with Crippen molar-refractivity contribution in [3.05, 3.63) is 133 Å². The average molecular weight is 398 g/mol. The van der Waals surface area contributed by atoms with E-state index in [1.165, 1.54) is 33.4 Å². The Balaban J connectivity index is 1.36. The normalized spacial score (nSPS) is 10.6. The van der Waals surface area contributed by atoms with Crippen molar-refractivity contribution in [3.8, 4) is 33.4 Å². The second-order valence-electron chi connectivity index (χ2n) is 7.56. The van der Waals surface area contributed by atoms with Crippen molar-refractivity contribution in [2.24, 2.45) is 0 Å². The van der Waals surface area contributed by atoms with Gasteiger partial charge in [-0.3, -0.25) is 0 Å². The lowest BCUT2D eigenvalue weighted by Crippen LogP contribution is -1.93. The van der Waals surface area contributed by atoms with E-state index in [1.807, 2.05) is 12.1 Å². The van der Waals surface area contributed by atoms with Crippen LogP contribution < -0.4 is 5.32 Å². The molecule has 5 rings (SSSR count). The first kappa shape index (κ1) is 18.9. The Morgan fingerprint density at radius 2 is 0.742 bits per heavy atom. The Hall–Kier alpha value is -4.10. The fourth-order valence-electron chi connectivity index (χ4n) is 3.85. The summed E-state index contributed by atoms with van der Waals surface area (Å²) in [5.41, 5.74) is 9.49. The van der Waals surface area contributed by atoms with Crippen LogP contribution in [0.2, 0.25) is 0 Å². The van der Waals surface area contributed by atoms with E-state index in [0.29, 0.717) is 0 Å². The molecule has 5 aromatic carbocycles. The van der Waals surface area contributed by atoms with Crippen molar-refractivity contribution in [1.82, 2.24) is 0 Å². The van der Waals surface area contributed by atoms with Crippen molar-refractivity contribution in [2.45, 2.75) is 0 Å². The number of benzene rings is 5. The third-order valence-corrected chi connectivity index (χ3v) is 5.50. The number of anilines is 2. The van der Waals surface area contributed by atoms with Gasteiger partial charge in [0.25, 0.3) is 0 Å². The van der Waals surface area contributed by atoms with Crippen LogP contribution in [-0.2, 0) is 0 Å². The van der Waals surface area contributed by atoms with Gasteiger partial charge in [0.1, 0.15) is 0 Å². The highest BCUT2D eigenvalue weighted by molar-refractivity contribution is 5.81. The molecule has 0 aliphatic rings. The molecule has 148 valence electrons. The summed E-state index contributed by atoms with van der Waals surface area (Å²) >= 11 is 0. The van der Waals surface area contributed by atoms with E-state index < -0.39 is 0 Å². The van der Waals surface area contributed by atoms with Gasteiger partial charge in [0, 0.05) is 16.9 Å². The predicted octanol–water partition coefficient (Wildman–Crippen LogP) is 8.43. The minimum absolute atomic E-state index is 1.08. The van der Waals surface area contributed by atoms with Crippen molar-refractivity contribution >= 4 is 11.4 Å². The number of hydrogen-bond acceptors (Lipinski definition) is 1. The van der Waals surface area contributed by atoms with Gasteiger partial charge in [0.05, 0.1) is 0 Å². The molecule has 1 N–H and O–H groups in total. The summed E-state index contributed by atoms with van der Waals surface area (Å²) in [5, 5.41) is 3.58. The Labute approximate surface area is 183 Å². The molecule has 0 atom stereocenters. The van der Waals surface area contributed by atoms with Crippen LogP contribution in [0.4, 0.5) is 11.4 Å². The lowest BCUT2D eigenvalue weighted by Gasteiger charge is -2.13. The fourth-order valence-corrected chi connectivity index (χ4v) is 3.85. The molecule has 0 spiro atoms. The first-order valence-electron chi connectivity index (χ1n) is 10.5. The summed E-state index contributed by atoms with van der Waals surface area (Å²) in [4.78, 5) is 0. The Morgan fingerprint density at radius 3 is 1.32 bits per heavy atom. The molecular formula is C30H23N. The molecule has 0 aromatic heterocycles. The zero-order chi connectivity index (χ0) is 20.9. The van der Waals surface area contributed by atoms with Gasteiger partial charge in [-0.25, -0.2) is 0 Å². The monoisotopic (exact) mass is 397 g/mol. The number of hydrogen-bond donors (Lipinski definition) is 1. The maximum atomic E-state index is 3.58. The van der Waals surface area contributed by atoms with Crippen LogP contribution in [0.15, 0.2) is 133 Å². The van der Waals surface area contributed by atoms with E-state index in [-0.39, 0.29) is 0 Å². The smallest absolute Gasteiger partial charge is 0.0463 e. The maximum absolute atomic E-state index is 3.58. The second-order valence-corrected chi connectivity index (χ2v) is 7.56. The lowest BCUT2D eigenvalue weighted by molar-refractivity contribution is 1.52. The first-order valence-corrected chi connectivity index (χ1v) is 10.5. The van der Waals surface area contributed by atoms with Crippen LogP contribution in [-0.4, -0.2) is 0 Å². The minimum atomic E-state index is 1.08. The molecule has 1 nitrogen and oxygen atoms in total. The molecule has 0 bridgehead atoms. The SMILES string of the molecule is c1ccc(-c2ccc(-c3ccc(Nc4ccccc4-c4ccccc4)cc3)cc2)cc1. The van der Waals surface area contributed by atoms with E-state index in [0.717, 1.165) is 11.4 Å². The molecule has 31 heavy (non-hydrogen) atoms. The summed E-state index contributed by atoms with van der Waals surface area (Å²) in [6.07, 6.45) is 0. The molecular weight excluding hydrogens is 374 g/mol. The van der Waals surface area contributed by atoms with Crippen LogP contribution in [0.3, 0.4) is 0 Å². The summed E-state index contributed by atoms with van der Waals surface area (Å²) in [5.74, 6) is 0. The van der Waals surface area contributed by atoms with Gasteiger partial charge in [-0.2, -0.15) is 0 Å². The quantitative estimate of drug-likeness (QED) is 0.314. The van der Waals surface area contributed by atoms with Crippen molar-refractivity contribution in [3.63, 3.8) is 0 Å². The van der Waals surface area contributed by atoms with Crippen LogP contribution >= 0.6 is 0 Å². The van der Waals surface area contributed by atoms with E-state index in [1.54, 1.807) is 0 Å². The van der Waals surface area contributed by atoms with Crippen LogP contribution in [0.5, 0.6) is 0 Å². The molecule has 0 aliphatic carbocycles. The summed E-state index contributed by atoms with van der Waals surface area (Å²) in [7, 11) is 0. The van der Waals surface area contributed by atoms with Gasteiger partial charge < -0.3 is 5.32 Å². The van der Waals surface area contributed by atoms with Crippen LogP contribution in [0.1, 0.15) is 0 Å². The molecule has 0 radical (unpaired) electrons. The van der Waals surface area contributed by atoms with Gasteiger partial charge in [0.15, 0.2) is 0 Å². The molecule has 0 amide bonds. The van der Waals surface area contributed by atoms with E-state index >= 15 is 0 Å². The molecule has 0 fully saturated rings. The minimum Gasteiger partial charge on any atom is -0.355 e. The average Bonchev–Trinajstić information content (AvgIpc) is 2.86. The fraction of sp³-hybridized carbons (Fsp3) is 0. The third-order valence-electron chi connectivity index (χ3n) is 5.50. The molecule has 0 unspecified atom stereocenters. The zero-order valence-electron chi connectivity index (χ0n) is 17.2. The van der Waals surface area contributed by atoms with E-state index in [4.69, 9.17) is 0 Å². The molecule has 1 heteroatoms. The largest absolute Gasteiger partial charge is 0.355 e. The molecule has 0 saturated carbocycles. The predicted molar refractivity (Wildman–Crippen MR) is 132 cm³/mol. The summed E-state index contributed by atoms with van der Waals surface area (Å²) in [6, 6.07) is 46.8. The van der Waals surface area contributed by atoms with Gasteiger partial charge in [-0.1, -0.05) is 115 Å². The van der Waals surface area contributed by atoms with E-state index in [9.17, 15) is 0 Å². The highest BCUT2D eigenvalue weighted by Gasteiger charge is 2.05. The summed E-state index contributed by atoms with van der Waals surface area (Å²) in [6.45, 7) is 0. The first-order chi connectivity index (χ1) is 15.4. The van der Waals surface area contributed by atoms with Crippen molar-refractivity contribution < 1.29 is 0 Å². The van der Waals surface area contributed by atoms with Crippen molar-refractivity contribution in [2.75, 3.05) is 5.32 Å². The van der Waals surface area contributed by atoms with Gasteiger partial charge in [0.2, 0.25) is 0 Å². The van der Waals surface area contributed by atoms with Gasteiger partial charge in [-0.15, -0.1) is 0 Å². The maximum Gasteiger partial charge on any atom is 0.0463 e. The number of para-hydroxylation sites is 1. The van der Waals surface area contributed by atoms with Gasteiger partial charge in [-0.05, 0) is 46.0 Å². The topological polar surface area (TPSA) is 12.0 Å². The molecule has 5 aromatic rings. The molecule has 0 heterocycles. The molecule has 0 saturated heterocycles. The van der Waals surface area contributed by atoms with Gasteiger partial charge >= 0.3 is 0 Å². The highest BCUT2D eigenvalue weighted by Crippen LogP contribution is 2.31. The van der Waals surface area contributed by atoms with Crippen molar-refractivity contribution in [1.29, 1.82) is 0 Å². The van der Waals surface area contributed by atoms with Crippen LogP contribution in [0, 0.1) is 0 Å².